The molecule has 0 spiro atoms. The number of carboxylic acids is 2. The highest BCUT2D eigenvalue weighted by molar-refractivity contribution is 5.94. The van der Waals surface area contributed by atoms with Crippen molar-refractivity contribution in [2.75, 3.05) is 0 Å². The van der Waals surface area contributed by atoms with Crippen molar-refractivity contribution in [2.45, 2.75) is 25.3 Å². The van der Waals surface area contributed by atoms with E-state index in [-0.39, 0.29) is 24.5 Å². The lowest BCUT2D eigenvalue weighted by atomic mass is 10.2. The van der Waals surface area contributed by atoms with Crippen molar-refractivity contribution in [3.05, 3.63) is 119 Å². The zero-order valence-corrected chi connectivity index (χ0v) is 20.6. The number of carbonyl (C=O) groups is 4. The second kappa shape index (κ2) is 12.1. The second-order valence-electron chi connectivity index (χ2n) is 8.62. The molecule has 10 nitrogen and oxygen atoms in total. The molecule has 0 aliphatic carbocycles. The van der Waals surface area contributed by atoms with Gasteiger partial charge in [-0.15, -0.1) is 0 Å². The number of aliphatic carboxylic acids is 2. The van der Waals surface area contributed by atoms with Crippen molar-refractivity contribution in [3.63, 3.8) is 0 Å². The van der Waals surface area contributed by atoms with E-state index in [1.165, 1.54) is 94.3 Å². The minimum absolute atomic E-state index is 0.109. The number of carboxylic acid groups (broad SMARTS) is 2. The van der Waals surface area contributed by atoms with E-state index in [0.717, 1.165) is 0 Å². The van der Waals surface area contributed by atoms with Crippen molar-refractivity contribution < 1.29 is 47.6 Å². The van der Waals surface area contributed by atoms with Crippen LogP contribution in [0.3, 0.4) is 0 Å². The highest BCUT2D eigenvalue weighted by Gasteiger charge is 2.41. The van der Waals surface area contributed by atoms with Crippen LogP contribution in [0.15, 0.2) is 85.2 Å². The molecular formula is C28H22F2N2O8. The Bertz CT molecular complexity index is 1410. The van der Waals surface area contributed by atoms with Gasteiger partial charge in [0.15, 0.2) is 0 Å². The van der Waals surface area contributed by atoms with Crippen LogP contribution in [0.5, 0.6) is 0 Å². The SMILES string of the molecule is O=C(O[C@@H](C(=O)O)[C@@H](OC(=O)c1cccn1Cc1ccc(F)cc1)C(=O)O)c1cccn1Cc1ccc(F)cc1. The first-order valence-corrected chi connectivity index (χ1v) is 11.8. The Morgan fingerprint density at radius 1 is 0.625 bits per heavy atom. The lowest BCUT2D eigenvalue weighted by Gasteiger charge is -2.21. The second-order valence-corrected chi connectivity index (χ2v) is 8.62. The maximum Gasteiger partial charge on any atom is 0.355 e. The molecule has 12 heteroatoms. The molecule has 2 heterocycles. The quantitative estimate of drug-likeness (QED) is 0.270. The molecule has 0 aliphatic heterocycles. The van der Waals surface area contributed by atoms with Crippen molar-refractivity contribution in [1.29, 1.82) is 0 Å². The van der Waals surface area contributed by atoms with Gasteiger partial charge in [0.05, 0.1) is 0 Å². The van der Waals surface area contributed by atoms with Crippen LogP contribution >= 0.6 is 0 Å². The summed E-state index contributed by atoms with van der Waals surface area (Å²) in [7, 11) is 0. The molecule has 2 aromatic heterocycles. The molecule has 0 radical (unpaired) electrons. The summed E-state index contributed by atoms with van der Waals surface area (Å²) in [6.45, 7) is 0.218. The number of esters is 2. The Labute approximate surface area is 225 Å². The summed E-state index contributed by atoms with van der Waals surface area (Å²) in [5.41, 5.74) is 1.03. The minimum Gasteiger partial charge on any atom is -0.478 e. The first-order chi connectivity index (χ1) is 19.1. The molecule has 0 saturated heterocycles. The maximum atomic E-state index is 13.2. The van der Waals surface area contributed by atoms with Crippen LogP contribution in [0.2, 0.25) is 0 Å². The maximum absolute atomic E-state index is 13.2. The summed E-state index contributed by atoms with van der Waals surface area (Å²) >= 11 is 0. The Morgan fingerprint density at radius 3 is 1.30 bits per heavy atom. The van der Waals surface area contributed by atoms with Gasteiger partial charge in [-0.1, -0.05) is 24.3 Å². The molecular weight excluding hydrogens is 530 g/mol. The van der Waals surface area contributed by atoms with E-state index in [1.807, 2.05) is 0 Å². The molecule has 0 bridgehead atoms. The van der Waals surface area contributed by atoms with Gasteiger partial charge in [-0.05, 0) is 59.7 Å². The molecule has 0 amide bonds. The average molecular weight is 552 g/mol. The third-order valence-electron chi connectivity index (χ3n) is 5.84. The number of benzene rings is 2. The molecule has 2 N–H and O–H groups in total. The standard InChI is InChI=1S/C28H22F2N2O8/c29-19-9-5-17(6-10-19)15-31-13-1-3-21(31)27(37)39-23(25(33)34)24(26(35)36)40-28(38)22-4-2-14-32(22)16-18-7-11-20(30)12-8-18/h1-14,23-24H,15-16H2,(H,33,34)(H,35,36)/t23-,24-/m1/s1. The zero-order valence-electron chi connectivity index (χ0n) is 20.6. The molecule has 4 rings (SSSR count). The molecule has 4 aromatic rings. The van der Waals surface area contributed by atoms with E-state index in [9.17, 15) is 38.2 Å². The fourth-order valence-electron chi connectivity index (χ4n) is 3.88. The number of hydrogen-bond donors (Lipinski definition) is 2. The Hall–Kier alpha value is -5.26. The molecule has 2 aromatic carbocycles. The van der Waals surface area contributed by atoms with E-state index in [0.29, 0.717) is 11.1 Å². The number of rotatable bonds is 11. The molecule has 0 fully saturated rings. The monoisotopic (exact) mass is 552 g/mol. The number of carbonyl (C=O) groups excluding carboxylic acids is 2. The van der Waals surface area contributed by atoms with Gasteiger partial charge in [-0.2, -0.15) is 0 Å². The summed E-state index contributed by atoms with van der Waals surface area (Å²) < 4.78 is 39.3. The van der Waals surface area contributed by atoms with Gasteiger partial charge in [0.25, 0.3) is 0 Å². The predicted octanol–water partition coefficient (Wildman–Crippen LogP) is 3.58. The summed E-state index contributed by atoms with van der Waals surface area (Å²) in [5.74, 6) is -6.96. The van der Waals surface area contributed by atoms with Crippen LogP contribution in [0.25, 0.3) is 0 Å². The smallest absolute Gasteiger partial charge is 0.355 e. The van der Waals surface area contributed by atoms with Crippen molar-refractivity contribution >= 4 is 23.9 Å². The Balaban J connectivity index is 1.50. The number of halogens is 2. The van der Waals surface area contributed by atoms with Crippen LogP contribution in [0.4, 0.5) is 8.78 Å². The summed E-state index contributed by atoms with van der Waals surface area (Å²) in [6.07, 6.45) is -1.77. The summed E-state index contributed by atoms with van der Waals surface area (Å²) in [5, 5.41) is 19.3. The zero-order chi connectivity index (χ0) is 28.8. The van der Waals surface area contributed by atoms with Crippen molar-refractivity contribution in [1.82, 2.24) is 9.13 Å². The lowest BCUT2D eigenvalue weighted by Crippen LogP contribution is -2.46. The van der Waals surface area contributed by atoms with Crippen LogP contribution in [-0.2, 0) is 32.2 Å². The van der Waals surface area contributed by atoms with Gasteiger partial charge in [-0.3, -0.25) is 0 Å². The van der Waals surface area contributed by atoms with E-state index in [2.05, 4.69) is 0 Å². The highest BCUT2D eigenvalue weighted by Crippen LogP contribution is 2.17. The molecule has 0 saturated carbocycles. The normalized spacial score (nSPS) is 12.3. The Morgan fingerprint density at radius 2 is 0.975 bits per heavy atom. The first kappa shape index (κ1) is 27.8. The number of hydrogen-bond acceptors (Lipinski definition) is 6. The van der Waals surface area contributed by atoms with Crippen LogP contribution < -0.4 is 0 Å². The number of nitrogens with zero attached hydrogens (tertiary/aromatic N) is 2. The molecule has 206 valence electrons. The summed E-state index contributed by atoms with van der Waals surface area (Å²) in [6, 6.07) is 16.6. The van der Waals surface area contributed by atoms with Gasteiger partial charge in [-0.25, -0.2) is 28.0 Å². The van der Waals surface area contributed by atoms with Crippen LogP contribution in [0, 0.1) is 11.6 Å². The number of aromatic nitrogens is 2. The fourth-order valence-corrected chi connectivity index (χ4v) is 3.88. The van der Waals surface area contributed by atoms with E-state index in [4.69, 9.17) is 9.47 Å². The molecule has 2 atom stereocenters. The van der Waals surface area contributed by atoms with Crippen molar-refractivity contribution in [3.8, 4) is 0 Å². The lowest BCUT2D eigenvalue weighted by molar-refractivity contribution is -0.166. The topological polar surface area (TPSA) is 137 Å². The van der Waals surface area contributed by atoms with E-state index < -0.39 is 47.7 Å². The first-order valence-electron chi connectivity index (χ1n) is 11.8. The van der Waals surface area contributed by atoms with Gasteiger partial charge in [0, 0.05) is 25.5 Å². The largest absolute Gasteiger partial charge is 0.478 e. The molecule has 0 unspecified atom stereocenters. The third kappa shape index (κ3) is 6.59. The Kier molecular flexibility index (Phi) is 8.38. The predicted molar refractivity (Wildman–Crippen MR) is 134 cm³/mol. The van der Waals surface area contributed by atoms with Gasteiger partial charge in [0.1, 0.15) is 23.0 Å². The van der Waals surface area contributed by atoms with E-state index in [1.54, 1.807) is 0 Å². The molecule has 0 aliphatic rings. The van der Waals surface area contributed by atoms with Crippen LogP contribution in [-0.4, -0.2) is 55.4 Å². The highest BCUT2D eigenvalue weighted by atomic mass is 19.1. The van der Waals surface area contributed by atoms with Gasteiger partial charge in [0.2, 0.25) is 12.2 Å². The van der Waals surface area contributed by atoms with Gasteiger partial charge >= 0.3 is 23.9 Å². The van der Waals surface area contributed by atoms with E-state index >= 15 is 0 Å². The third-order valence-corrected chi connectivity index (χ3v) is 5.84. The average Bonchev–Trinajstić information content (AvgIpc) is 3.58. The number of ether oxygens (including phenoxy) is 2. The summed E-state index contributed by atoms with van der Waals surface area (Å²) in [4.78, 5) is 49.7. The fraction of sp³-hybridized carbons (Fsp3) is 0.143. The minimum atomic E-state index is -2.39. The molecule has 40 heavy (non-hydrogen) atoms. The van der Waals surface area contributed by atoms with Crippen LogP contribution in [0.1, 0.15) is 32.1 Å². The van der Waals surface area contributed by atoms with Gasteiger partial charge < -0.3 is 28.8 Å². The van der Waals surface area contributed by atoms with Crippen molar-refractivity contribution in [2.24, 2.45) is 0 Å².